The summed E-state index contributed by atoms with van der Waals surface area (Å²) in [4.78, 5) is 8.99. The molecule has 0 bridgehead atoms. The van der Waals surface area contributed by atoms with Gasteiger partial charge in [0, 0.05) is 23.8 Å². The van der Waals surface area contributed by atoms with Gasteiger partial charge in [0.25, 0.3) is 0 Å². The molecule has 0 radical (unpaired) electrons. The van der Waals surface area contributed by atoms with Crippen molar-refractivity contribution in [2.24, 2.45) is 0 Å². The SMILES string of the molecule is CCC(C)Nc1nc(C)cc(NC2CCCC2)n1. The topological polar surface area (TPSA) is 49.8 Å². The quantitative estimate of drug-likeness (QED) is 0.839. The van der Waals surface area contributed by atoms with Crippen molar-refractivity contribution in [1.82, 2.24) is 9.97 Å². The molecule has 0 aliphatic heterocycles. The van der Waals surface area contributed by atoms with Crippen LogP contribution < -0.4 is 10.6 Å². The molecule has 18 heavy (non-hydrogen) atoms. The molecule has 4 nitrogen and oxygen atoms in total. The van der Waals surface area contributed by atoms with Crippen molar-refractivity contribution >= 4 is 11.8 Å². The summed E-state index contributed by atoms with van der Waals surface area (Å²) < 4.78 is 0. The lowest BCUT2D eigenvalue weighted by molar-refractivity contribution is 0.740. The number of rotatable bonds is 5. The normalized spacial score (nSPS) is 17.7. The maximum atomic E-state index is 4.55. The molecule has 2 N–H and O–H groups in total. The molecule has 100 valence electrons. The lowest BCUT2D eigenvalue weighted by Gasteiger charge is -2.16. The number of anilines is 2. The summed E-state index contributed by atoms with van der Waals surface area (Å²) in [5, 5.41) is 6.86. The van der Waals surface area contributed by atoms with Gasteiger partial charge in [0.05, 0.1) is 0 Å². The minimum Gasteiger partial charge on any atom is -0.367 e. The molecule has 1 unspecified atom stereocenters. The first kappa shape index (κ1) is 13.1. The highest BCUT2D eigenvalue weighted by atomic mass is 15.2. The number of hydrogen-bond acceptors (Lipinski definition) is 4. The van der Waals surface area contributed by atoms with Crippen molar-refractivity contribution in [3.8, 4) is 0 Å². The Morgan fingerprint density at radius 2 is 2.06 bits per heavy atom. The van der Waals surface area contributed by atoms with E-state index in [0.29, 0.717) is 12.1 Å². The van der Waals surface area contributed by atoms with Gasteiger partial charge in [-0.3, -0.25) is 0 Å². The van der Waals surface area contributed by atoms with Crippen LogP contribution in [0.25, 0.3) is 0 Å². The number of nitrogens with one attached hydrogen (secondary N) is 2. The van der Waals surface area contributed by atoms with E-state index in [1.54, 1.807) is 0 Å². The highest BCUT2D eigenvalue weighted by Crippen LogP contribution is 2.22. The highest BCUT2D eigenvalue weighted by molar-refractivity contribution is 5.43. The Bertz CT molecular complexity index is 385. The molecular formula is C14H24N4. The molecule has 1 atom stereocenters. The van der Waals surface area contributed by atoms with Crippen LogP contribution in [0.4, 0.5) is 11.8 Å². The first-order valence-electron chi connectivity index (χ1n) is 7.06. The second kappa shape index (κ2) is 6.03. The van der Waals surface area contributed by atoms with E-state index in [-0.39, 0.29) is 0 Å². The third kappa shape index (κ3) is 3.59. The molecule has 0 spiro atoms. The third-order valence-electron chi connectivity index (χ3n) is 3.55. The first-order chi connectivity index (χ1) is 8.67. The van der Waals surface area contributed by atoms with Crippen molar-refractivity contribution in [3.05, 3.63) is 11.8 Å². The van der Waals surface area contributed by atoms with Gasteiger partial charge < -0.3 is 10.6 Å². The van der Waals surface area contributed by atoms with Gasteiger partial charge in [0.2, 0.25) is 5.95 Å². The fraction of sp³-hybridized carbons (Fsp3) is 0.714. The van der Waals surface area contributed by atoms with E-state index in [0.717, 1.165) is 23.9 Å². The Morgan fingerprint density at radius 3 is 2.72 bits per heavy atom. The van der Waals surface area contributed by atoms with Gasteiger partial charge in [0.1, 0.15) is 5.82 Å². The Kier molecular flexibility index (Phi) is 4.39. The lowest BCUT2D eigenvalue weighted by atomic mass is 10.2. The number of hydrogen-bond donors (Lipinski definition) is 2. The van der Waals surface area contributed by atoms with E-state index >= 15 is 0 Å². The van der Waals surface area contributed by atoms with E-state index in [4.69, 9.17) is 0 Å². The van der Waals surface area contributed by atoms with E-state index in [9.17, 15) is 0 Å². The summed E-state index contributed by atoms with van der Waals surface area (Å²) in [5.41, 5.74) is 1.01. The van der Waals surface area contributed by atoms with Gasteiger partial charge in [-0.05, 0) is 33.1 Å². The second-order valence-electron chi connectivity index (χ2n) is 5.30. The minimum atomic E-state index is 0.408. The van der Waals surface area contributed by atoms with Crippen LogP contribution in [0.3, 0.4) is 0 Å². The van der Waals surface area contributed by atoms with Crippen LogP contribution in [0.1, 0.15) is 51.6 Å². The second-order valence-corrected chi connectivity index (χ2v) is 5.30. The zero-order valence-electron chi connectivity index (χ0n) is 11.7. The zero-order valence-corrected chi connectivity index (χ0v) is 11.7. The highest BCUT2D eigenvalue weighted by Gasteiger charge is 2.15. The average molecular weight is 248 g/mol. The van der Waals surface area contributed by atoms with Gasteiger partial charge >= 0.3 is 0 Å². The first-order valence-corrected chi connectivity index (χ1v) is 7.06. The molecule has 0 aromatic carbocycles. The molecule has 1 aliphatic carbocycles. The minimum absolute atomic E-state index is 0.408. The summed E-state index contributed by atoms with van der Waals surface area (Å²) in [5.74, 6) is 1.70. The fourth-order valence-corrected chi connectivity index (χ4v) is 2.31. The monoisotopic (exact) mass is 248 g/mol. The summed E-state index contributed by atoms with van der Waals surface area (Å²) in [7, 11) is 0. The van der Waals surface area contributed by atoms with Crippen LogP contribution in [0, 0.1) is 6.92 Å². The van der Waals surface area contributed by atoms with Gasteiger partial charge in [-0.1, -0.05) is 19.8 Å². The predicted molar refractivity (Wildman–Crippen MR) is 76.0 cm³/mol. The standard InChI is InChI=1S/C14H24N4/c1-4-10(2)15-14-16-11(3)9-13(18-14)17-12-7-5-6-8-12/h9-10,12H,4-8H2,1-3H3,(H2,15,16,17,18). The van der Waals surface area contributed by atoms with Crippen molar-refractivity contribution in [2.75, 3.05) is 10.6 Å². The van der Waals surface area contributed by atoms with Crippen LogP contribution in [0.5, 0.6) is 0 Å². The molecule has 1 fully saturated rings. The van der Waals surface area contributed by atoms with Crippen molar-refractivity contribution in [1.29, 1.82) is 0 Å². The van der Waals surface area contributed by atoms with Crippen LogP contribution in [-0.2, 0) is 0 Å². The Hall–Kier alpha value is -1.32. The molecule has 0 saturated heterocycles. The van der Waals surface area contributed by atoms with Crippen molar-refractivity contribution in [2.45, 2.75) is 65.0 Å². The molecule has 1 aromatic heterocycles. The summed E-state index contributed by atoms with van der Waals surface area (Å²) in [6.45, 7) is 6.32. The Morgan fingerprint density at radius 1 is 1.33 bits per heavy atom. The van der Waals surface area contributed by atoms with Crippen molar-refractivity contribution in [3.63, 3.8) is 0 Å². The Labute approximate surface area is 110 Å². The molecule has 1 heterocycles. The van der Waals surface area contributed by atoms with Crippen molar-refractivity contribution < 1.29 is 0 Å². The molecule has 0 amide bonds. The summed E-state index contributed by atoms with van der Waals surface area (Å²) in [6, 6.07) is 3.03. The maximum Gasteiger partial charge on any atom is 0.225 e. The molecule has 1 aliphatic rings. The van der Waals surface area contributed by atoms with Crippen LogP contribution in [0.2, 0.25) is 0 Å². The number of aromatic nitrogens is 2. The van der Waals surface area contributed by atoms with E-state index in [2.05, 4.69) is 34.4 Å². The third-order valence-corrected chi connectivity index (χ3v) is 3.55. The molecule has 4 heteroatoms. The maximum absolute atomic E-state index is 4.55. The van der Waals surface area contributed by atoms with Gasteiger partial charge in [-0.25, -0.2) is 4.98 Å². The van der Waals surface area contributed by atoms with E-state index in [1.165, 1.54) is 25.7 Å². The lowest BCUT2D eigenvalue weighted by Crippen LogP contribution is -2.19. The summed E-state index contributed by atoms with van der Waals surface area (Å²) in [6.07, 6.45) is 6.26. The largest absolute Gasteiger partial charge is 0.367 e. The molecular weight excluding hydrogens is 224 g/mol. The van der Waals surface area contributed by atoms with Gasteiger partial charge in [-0.2, -0.15) is 4.98 Å². The zero-order chi connectivity index (χ0) is 13.0. The molecule has 2 rings (SSSR count). The van der Waals surface area contributed by atoms with Gasteiger partial charge in [-0.15, -0.1) is 0 Å². The molecule has 1 aromatic rings. The van der Waals surface area contributed by atoms with E-state index in [1.807, 2.05) is 13.0 Å². The molecule has 1 saturated carbocycles. The Balaban J connectivity index is 2.05. The fourth-order valence-electron chi connectivity index (χ4n) is 2.31. The predicted octanol–water partition coefficient (Wildman–Crippen LogP) is 3.35. The average Bonchev–Trinajstić information content (AvgIpc) is 2.80. The van der Waals surface area contributed by atoms with Gasteiger partial charge in [0.15, 0.2) is 0 Å². The number of aryl methyl sites for hydroxylation is 1. The van der Waals surface area contributed by atoms with Crippen LogP contribution in [-0.4, -0.2) is 22.1 Å². The summed E-state index contributed by atoms with van der Waals surface area (Å²) >= 11 is 0. The van der Waals surface area contributed by atoms with Crippen LogP contribution >= 0.6 is 0 Å². The van der Waals surface area contributed by atoms with E-state index < -0.39 is 0 Å². The number of nitrogens with zero attached hydrogens (tertiary/aromatic N) is 2. The van der Waals surface area contributed by atoms with Crippen LogP contribution in [0.15, 0.2) is 6.07 Å². The smallest absolute Gasteiger partial charge is 0.225 e.